The van der Waals surface area contributed by atoms with Crippen molar-refractivity contribution in [3.05, 3.63) is 75.2 Å². The minimum absolute atomic E-state index is 0.102. The average Bonchev–Trinajstić information content (AvgIpc) is 3.38. The van der Waals surface area contributed by atoms with E-state index in [9.17, 15) is 4.79 Å². The van der Waals surface area contributed by atoms with Crippen molar-refractivity contribution >= 4 is 51.1 Å². The maximum Gasteiger partial charge on any atom is 0.282 e. The lowest BCUT2D eigenvalue weighted by molar-refractivity contribution is 0.444. The van der Waals surface area contributed by atoms with E-state index < -0.39 is 0 Å². The molecule has 5 nitrogen and oxygen atoms in total. The van der Waals surface area contributed by atoms with Gasteiger partial charge in [0.25, 0.3) is 5.56 Å². The summed E-state index contributed by atoms with van der Waals surface area (Å²) in [7, 11) is 0. The molecule has 8 heteroatoms. The van der Waals surface area contributed by atoms with Crippen molar-refractivity contribution in [3.63, 3.8) is 0 Å². The van der Waals surface area contributed by atoms with Crippen molar-refractivity contribution < 1.29 is 0 Å². The van der Waals surface area contributed by atoms with Crippen molar-refractivity contribution in [1.29, 1.82) is 0 Å². The Morgan fingerprint density at radius 3 is 2.72 bits per heavy atom. The Labute approximate surface area is 199 Å². The van der Waals surface area contributed by atoms with Gasteiger partial charge >= 0.3 is 0 Å². The Balaban J connectivity index is 1.49. The number of thiazole rings is 1. The fourth-order valence-corrected chi connectivity index (χ4v) is 5.84. The second-order valence-corrected chi connectivity index (χ2v) is 10.4. The zero-order valence-corrected chi connectivity index (χ0v) is 19.8. The zero-order valence-electron chi connectivity index (χ0n) is 17.5. The van der Waals surface area contributed by atoms with Crippen molar-refractivity contribution in [2.45, 2.75) is 48.8 Å². The van der Waals surface area contributed by atoms with Gasteiger partial charge in [-0.25, -0.2) is 4.98 Å². The minimum atomic E-state index is -0.102. The Bertz CT molecular complexity index is 1270. The van der Waals surface area contributed by atoms with Crippen molar-refractivity contribution in [2.75, 3.05) is 0 Å². The van der Waals surface area contributed by atoms with E-state index in [0.29, 0.717) is 27.5 Å². The minimum Gasteiger partial charge on any atom is -0.291 e. The van der Waals surface area contributed by atoms with E-state index in [-0.39, 0.29) is 5.56 Å². The standard InChI is InChI=1S/C24H23ClN4OS2/c25-16-10-12-18(13-11-16)31-15-21-19(14-26-17-6-2-1-3-7-17)23(30)29(28-21)24-27-20-8-4-5-9-22(20)32-24/h4-5,8-14,17,28H,1-3,6-7,15H2. The molecular formula is C24H23ClN4OS2. The summed E-state index contributed by atoms with van der Waals surface area (Å²) in [6.45, 7) is 0. The molecule has 1 N–H and O–H groups in total. The number of rotatable bonds is 6. The zero-order chi connectivity index (χ0) is 21.9. The van der Waals surface area contributed by atoms with Crippen molar-refractivity contribution in [2.24, 2.45) is 4.99 Å². The fraction of sp³-hybridized carbons (Fsp3) is 0.292. The number of hydrogen-bond acceptors (Lipinski definition) is 5. The van der Waals surface area contributed by atoms with Gasteiger partial charge in [0, 0.05) is 27.9 Å². The summed E-state index contributed by atoms with van der Waals surface area (Å²) in [6, 6.07) is 16.0. The van der Waals surface area contributed by atoms with Gasteiger partial charge in [0.05, 0.1) is 21.5 Å². The van der Waals surface area contributed by atoms with Crippen LogP contribution in [0.5, 0.6) is 0 Å². The number of para-hydroxylation sites is 1. The molecule has 2 heterocycles. The predicted octanol–water partition coefficient (Wildman–Crippen LogP) is 6.47. The van der Waals surface area contributed by atoms with Gasteiger partial charge in [-0.05, 0) is 49.2 Å². The molecule has 0 atom stereocenters. The van der Waals surface area contributed by atoms with E-state index in [1.54, 1.807) is 22.7 Å². The summed E-state index contributed by atoms with van der Waals surface area (Å²) in [5.74, 6) is 0.626. The molecule has 164 valence electrons. The molecule has 0 radical (unpaired) electrons. The van der Waals surface area contributed by atoms with E-state index in [1.165, 1.54) is 30.6 Å². The van der Waals surface area contributed by atoms with Crippen LogP contribution in [0.4, 0.5) is 0 Å². The van der Waals surface area contributed by atoms with Crippen LogP contribution in [-0.2, 0) is 5.75 Å². The number of nitrogens with zero attached hydrogens (tertiary/aromatic N) is 3. The molecule has 1 saturated carbocycles. The molecule has 0 spiro atoms. The average molecular weight is 483 g/mol. The number of aromatic amines is 1. The van der Waals surface area contributed by atoms with Gasteiger partial charge in [-0.3, -0.25) is 14.9 Å². The first kappa shape index (κ1) is 21.5. The number of hydrogen-bond donors (Lipinski definition) is 1. The van der Waals surface area contributed by atoms with E-state index >= 15 is 0 Å². The molecule has 32 heavy (non-hydrogen) atoms. The summed E-state index contributed by atoms with van der Waals surface area (Å²) in [4.78, 5) is 23.9. The van der Waals surface area contributed by atoms with E-state index in [1.807, 2.05) is 48.5 Å². The second kappa shape index (κ2) is 9.65. The highest BCUT2D eigenvalue weighted by molar-refractivity contribution is 7.98. The van der Waals surface area contributed by atoms with Crippen molar-refractivity contribution in [1.82, 2.24) is 14.8 Å². The summed E-state index contributed by atoms with van der Waals surface area (Å²) < 4.78 is 2.61. The molecule has 1 aliphatic rings. The number of fused-ring (bicyclic) bond motifs is 1. The largest absolute Gasteiger partial charge is 0.291 e. The van der Waals surface area contributed by atoms with Gasteiger partial charge in [0.15, 0.2) is 0 Å². The highest BCUT2D eigenvalue weighted by Gasteiger charge is 2.18. The van der Waals surface area contributed by atoms with Crippen LogP contribution in [-0.4, -0.2) is 27.0 Å². The third-order valence-corrected chi connectivity index (χ3v) is 7.98. The Kier molecular flexibility index (Phi) is 6.48. The van der Waals surface area contributed by atoms with Crippen LogP contribution in [0.1, 0.15) is 43.4 Å². The number of H-pyrrole nitrogens is 1. The summed E-state index contributed by atoms with van der Waals surface area (Å²) in [5.41, 5.74) is 2.27. The second-order valence-electron chi connectivity index (χ2n) is 7.92. The Morgan fingerprint density at radius 2 is 1.94 bits per heavy atom. The lowest BCUT2D eigenvalue weighted by Crippen LogP contribution is -2.18. The molecule has 0 saturated heterocycles. The van der Waals surface area contributed by atoms with Crippen LogP contribution in [0, 0.1) is 0 Å². The van der Waals surface area contributed by atoms with Crippen LogP contribution in [0.15, 0.2) is 63.2 Å². The predicted molar refractivity (Wildman–Crippen MR) is 135 cm³/mol. The third-order valence-electron chi connectivity index (χ3n) is 5.67. The molecule has 2 aromatic carbocycles. The smallest absolute Gasteiger partial charge is 0.282 e. The fourth-order valence-electron chi connectivity index (χ4n) is 3.93. The highest BCUT2D eigenvalue weighted by Crippen LogP contribution is 2.27. The van der Waals surface area contributed by atoms with Crippen LogP contribution in [0.25, 0.3) is 15.3 Å². The van der Waals surface area contributed by atoms with E-state index in [4.69, 9.17) is 16.6 Å². The first-order valence-corrected chi connectivity index (χ1v) is 13.0. The van der Waals surface area contributed by atoms with Crippen LogP contribution in [0.2, 0.25) is 5.02 Å². The molecule has 0 amide bonds. The Hall–Kier alpha value is -2.35. The molecule has 4 aromatic rings. The lowest BCUT2D eigenvalue weighted by Gasteiger charge is -2.16. The van der Waals surface area contributed by atoms with Crippen LogP contribution >= 0.6 is 34.7 Å². The number of aliphatic imine (C=N–C) groups is 1. The maximum atomic E-state index is 13.4. The van der Waals surface area contributed by atoms with Gasteiger partial charge in [0.1, 0.15) is 0 Å². The van der Waals surface area contributed by atoms with Crippen LogP contribution in [0.3, 0.4) is 0 Å². The third kappa shape index (κ3) is 4.70. The molecule has 2 aromatic heterocycles. The molecule has 0 bridgehead atoms. The first-order chi connectivity index (χ1) is 15.7. The normalized spacial score (nSPS) is 15.2. The highest BCUT2D eigenvalue weighted by atomic mass is 35.5. The van der Waals surface area contributed by atoms with Gasteiger partial charge in [-0.15, -0.1) is 11.8 Å². The number of thioether (sulfide) groups is 1. The maximum absolute atomic E-state index is 13.4. The molecule has 1 fully saturated rings. The summed E-state index contributed by atoms with van der Waals surface area (Å²) in [5, 5.41) is 4.67. The number of benzene rings is 2. The number of nitrogens with one attached hydrogen (secondary N) is 1. The van der Waals surface area contributed by atoms with Crippen LogP contribution < -0.4 is 5.56 Å². The molecule has 5 rings (SSSR count). The quantitative estimate of drug-likeness (QED) is 0.253. The topological polar surface area (TPSA) is 63.0 Å². The molecular weight excluding hydrogens is 460 g/mol. The van der Waals surface area contributed by atoms with Gasteiger partial charge in [-0.2, -0.15) is 4.68 Å². The van der Waals surface area contributed by atoms with E-state index in [0.717, 1.165) is 33.6 Å². The number of halogens is 1. The van der Waals surface area contributed by atoms with Gasteiger partial charge in [-0.1, -0.05) is 54.3 Å². The lowest BCUT2D eigenvalue weighted by atomic mass is 9.96. The van der Waals surface area contributed by atoms with Crippen molar-refractivity contribution in [3.8, 4) is 5.13 Å². The first-order valence-electron chi connectivity index (χ1n) is 10.8. The van der Waals surface area contributed by atoms with Gasteiger partial charge in [0.2, 0.25) is 5.13 Å². The Morgan fingerprint density at radius 1 is 1.16 bits per heavy atom. The van der Waals surface area contributed by atoms with Gasteiger partial charge < -0.3 is 0 Å². The van der Waals surface area contributed by atoms with E-state index in [2.05, 4.69) is 10.1 Å². The molecule has 0 unspecified atom stereocenters. The molecule has 1 aliphatic carbocycles. The SMILES string of the molecule is O=c1c(C=NC2CCCCC2)c(CSc2ccc(Cl)cc2)[nH]n1-c1nc2ccccc2s1. The summed E-state index contributed by atoms with van der Waals surface area (Å²) >= 11 is 9.17. The monoisotopic (exact) mass is 482 g/mol. The summed E-state index contributed by atoms with van der Waals surface area (Å²) in [6.07, 6.45) is 7.69. The molecule has 0 aliphatic heterocycles. The number of aromatic nitrogens is 3.